The van der Waals surface area contributed by atoms with E-state index in [-0.39, 0.29) is 22.6 Å². The molecule has 0 saturated carbocycles. The summed E-state index contributed by atoms with van der Waals surface area (Å²) >= 11 is 0. The van der Waals surface area contributed by atoms with E-state index < -0.39 is 50.3 Å². The molecule has 1 aliphatic heterocycles. The molecule has 260 valence electrons. The molecular weight excluding hydrogens is 618 g/mol. The van der Waals surface area contributed by atoms with Crippen LogP contribution in [0, 0.1) is 13.8 Å². The molecule has 2 aromatic carbocycles. The number of pyridine rings is 1. The number of hydrogen-bond donors (Lipinski definition) is 8. The van der Waals surface area contributed by atoms with Gasteiger partial charge in [-0.3, -0.25) is 24.4 Å². The first-order chi connectivity index (χ1) is 23.0. The molecule has 3 aromatic rings. The molecule has 2 heterocycles. The van der Waals surface area contributed by atoms with Crippen molar-refractivity contribution in [3.63, 3.8) is 0 Å². The average Bonchev–Trinajstić information content (AvgIpc) is 3.08. The molecule has 0 atom stereocenters. The van der Waals surface area contributed by atoms with Gasteiger partial charge in [0.25, 0.3) is 11.8 Å². The lowest BCUT2D eigenvalue weighted by Gasteiger charge is -2.24. The van der Waals surface area contributed by atoms with Gasteiger partial charge in [0.15, 0.2) is 0 Å². The van der Waals surface area contributed by atoms with Crippen LogP contribution in [0.3, 0.4) is 0 Å². The molecule has 0 saturated heterocycles. The Morgan fingerprint density at radius 3 is 1.48 bits per heavy atom. The molecule has 2 amide bonds. The van der Waals surface area contributed by atoms with E-state index >= 15 is 0 Å². The van der Waals surface area contributed by atoms with Crippen molar-refractivity contribution in [2.75, 3.05) is 39.5 Å². The molecule has 0 spiro atoms. The van der Waals surface area contributed by atoms with Crippen LogP contribution in [0.1, 0.15) is 67.2 Å². The number of aryl methyl sites for hydroxylation is 2. The van der Waals surface area contributed by atoms with Crippen LogP contribution < -0.4 is 10.6 Å². The minimum Gasteiger partial charge on any atom is -0.507 e. The van der Waals surface area contributed by atoms with Crippen molar-refractivity contribution in [2.24, 2.45) is 0 Å². The maximum absolute atomic E-state index is 12.9. The number of carbonyl (C=O) groups excluding carboxylic acids is 2. The van der Waals surface area contributed by atoms with Gasteiger partial charge in [-0.15, -0.1) is 0 Å². The third-order valence-corrected chi connectivity index (χ3v) is 8.33. The lowest BCUT2D eigenvalue weighted by atomic mass is 10.0. The maximum atomic E-state index is 12.9. The second kappa shape index (κ2) is 17.3. The Bertz CT molecular complexity index is 1450. The van der Waals surface area contributed by atoms with Gasteiger partial charge < -0.3 is 41.3 Å². The van der Waals surface area contributed by atoms with Crippen LogP contribution in [-0.4, -0.2) is 109 Å². The van der Waals surface area contributed by atoms with Crippen molar-refractivity contribution in [1.82, 2.24) is 25.4 Å². The Labute approximate surface area is 280 Å². The van der Waals surface area contributed by atoms with Crippen LogP contribution in [-0.2, 0) is 26.2 Å². The van der Waals surface area contributed by atoms with E-state index in [0.717, 1.165) is 35.4 Å². The second-order valence-electron chi connectivity index (χ2n) is 12.5. The Morgan fingerprint density at radius 1 is 0.708 bits per heavy atom. The number of fused-ring (bicyclic) bond motifs is 2. The van der Waals surface area contributed by atoms with Crippen molar-refractivity contribution in [1.29, 1.82) is 0 Å². The maximum Gasteiger partial charge on any atom is 0.255 e. The second-order valence-corrected chi connectivity index (χ2v) is 12.5. The van der Waals surface area contributed by atoms with Crippen molar-refractivity contribution < 1.29 is 40.2 Å². The summed E-state index contributed by atoms with van der Waals surface area (Å²) in [6.07, 6.45) is 1.64. The third kappa shape index (κ3) is 9.72. The zero-order valence-electron chi connectivity index (χ0n) is 27.5. The summed E-state index contributed by atoms with van der Waals surface area (Å²) in [7, 11) is 0. The van der Waals surface area contributed by atoms with Crippen LogP contribution >= 0.6 is 0 Å². The summed E-state index contributed by atoms with van der Waals surface area (Å²) in [5.74, 6) is -1.46. The standard InChI is InChI=1S/C35H47N5O8/c1-22-10-24(32(45)30(12-22)34(47)37-28(18-41)19-42)14-39-8-3-4-9-40(17-27-7-5-6-26(16-39)36-27)15-25-11-23(2)13-31(33(25)46)35(48)38-29(20-43)21-44/h5-7,10-13,28-29,41-46H,3-4,8-9,14-21H2,1-2H3,(H,37,47)(H,38,48). The normalized spacial score (nSPS) is 14.6. The Hall–Kier alpha value is -4.11. The van der Waals surface area contributed by atoms with E-state index in [1.54, 1.807) is 12.1 Å². The van der Waals surface area contributed by atoms with Crippen molar-refractivity contribution in [3.05, 3.63) is 87.2 Å². The van der Waals surface area contributed by atoms with E-state index in [1.165, 1.54) is 0 Å². The predicted molar refractivity (Wildman–Crippen MR) is 178 cm³/mol. The fraction of sp³-hybridized carbons (Fsp3) is 0.457. The number of aliphatic hydroxyl groups excluding tert-OH is 4. The number of aromatic hydroxyl groups is 2. The number of phenolic OH excluding ortho intramolecular Hbond substituents is 2. The minimum atomic E-state index is -0.835. The molecule has 0 aliphatic carbocycles. The number of hydrogen-bond acceptors (Lipinski definition) is 11. The van der Waals surface area contributed by atoms with Crippen LogP contribution in [0.2, 0.25) is 0 Å². The SMILES string of the molecule is Cc1cc(CN2CCCCN(Cc3cc(C)cc(C(=O)NC(CO)CO)c3O)Cc3cccc(n3)C2)c(O)c(C(=O)NC(CO)CO)c1. The number of aliphatic hydroxyl groups is 4. The first-order valence-electron chi connectivity index (χ1n) is 16.1. The molecule has 13 heteroatoms. The van der Waals surface area contributed by atoms with Gasteiger partial charge in [0, 0.05) is 37.3 Å². The smallest absolute Gasteiger partial charge is 0.255 e. The largest absolute Gasteiger partial charge is 0.507 e. The molecule has 1 aromatic heterocycles. The van der Waals surface area contributed by atoms with Gasteiger partial charge >= 0.3 is 0 Å². The number of benzene rings is 2. The van der Waals surface area contributed by atoms with E-state index in [1.807, 2.05) is 44.2 Å². The van der Waals surface area contributed by atoms with Crippen LogP contribution in [0.15, 0.2) is 42.5 Å². The summed E-state index contributed by atoms with van der Waals surface area (Å²) in [5, 5.41) is 64.8. The first-order valence-corrected chi connectivity index (χ1v) is 16.1. The molecule has 0 fully saturated rings. The van der Waals surface area contributed by atoms with Crippen LogP contribution in [0.5, 0.6) is 11.5 Å². The van der Waals surface area contributed by atoms with Gasteiger partial charge in [0.2, 0.25) is 0 Å². The van der Waals surface area contributed by atoms with Gasteiger partial charge in [-0.05, 0) is 75.2 Å². The van der Waals surface area contributed by atoms with E-state index in [4.69, 9.17) is 4.98 Å². The van der Waals surface area contributed by atoms with Gasteiger partial charge in [0.05, 0.1) is 61.0 Å². The van der Waals surface area contributed by atoms with Gasteiger partial charge in [-0.25, -0.2) is 0 Å². The number of rotatable bonds is 12. The number of nitrogens with one attached hydrogen (secondary N) is 2. The van der Waals surface area contributed by atoms with Gasteiger partial charge in [-0.1, -0.05) is 18.2 Å². The highest BCUT2D eigenvalue weighted by molar-refractivity contribution is 5.98. The van der Waals surface area contributed by atoms with Gasteiger partial charge in [-0.2, -0.15) is 0 Å². The molecule has 2 bridgehead atoms. The Balaban J connectivity index is 1.52. The lowest BCUT2D eigenvalue weighted by molar-refractivity contribution is 0.0870. The zero-order chi connectivity index (χ0) is 34.8. The van der Waals surface area contributed by atoms with E-state index in [9.17, 15) is 40.2 Å². The first kappa shape index (κ1) is 36.7. The lowest BCUT2D eigenvalue weighted by Crippen LogP contribution is -2.40. The predicted octanol–water partition coefficient (Wildman–Crippen LogP) is 1.07. The van der Waals surface area contributed by atoms with Gasteiger partial charge in [0.1, 0.15) is 11.5 Å². The Kier molecular flexibility index (Phi) is 13.3. The number of aromatic nitrogens is 1. The molecule has 4 rings (SSSR count). The molecular formula is C35H47N5O8. The molecule has 1 aliphatic rings. The molecule has 0 unspecified atom stereocenters. The van der Waals surface area contributed by atoms with E-state index in [0.29, 0.717) is 50.4 Å². The molecule has 13 nitrogen and oxygen atoms in total. The number of amides is 2. The van der Waals surface area contributed by atoms with E-state index in [2.05, 4.69) is 20.4 Å². The minimum absolute atomic E-state index is 0.0761. The van der Waals surface area contributed by atoms with Crippen LogP contribution in [0.4, 0.5) is 0 Å². The summed E-state index contributed by atoms with van der Waals surface area (Å²) in [5.41, 5.74) is 4.56. The van der Waals surface area contributed by atoms with Crippen LogP contribution in [0.25, 0.3) is 0 Å². The van der Waals surface area contributed by atoms with Crippen molar-refractivity contribution >= 4 is 11.8 Å². The summed E-state index contributed by atoms with van der Waals surface area (Å²) in [6, 6.07) is 11.0. The third-order valence-electron chi connectivity index (χ3n) is 8.33. The highest BCUT2D eigenvalue weighted by Crippen LogP contribution is 2.29. The fourth-order valence-corrected chi connectivity index (χ4v) is 5.86. The Morgan fingerprint density at radius 2 is 1.10 bits per heavy atom. The zero-order valence-corrected chi connectivity index (χ0v) is 27.5. The summed E-state index contributed by atoms with van der Waals surface area (Å²) in [4.78, 5) is 35.0. The average molecular weight is 666 g/mol. The molecule has 0 radical (unpaired) electrons. The monoisotopic (exact) mass is 665 g/mol. The molecule has 48 heavy (non-hydrogen) atoms. The number of carbonyl (C=O) groups is 2. The number of nitrogens with zero attached hydrogens (tertiary/aromatic N) is 3. The highest BCUT2D eigenvalue weighted by atomic mass is 16.3. The topological polar surface area (TPSA) is 199 Å². The fourth-order valence-electron chi connectivity index (χ4n) is 5.86. The quantitative estimate of drug-likeness (QED) is 0.138. The summed E-state index contributed by atoms with van der Waals surface area (Å²) in [6.45, 7) is 5.07. The number of phenols is 2. The van der Waals surface area contributed by atoms with Crippen molar-refractivity contribution in [2.45, 2.75) is 65.0 Å². The summed E-state index contributed by atoms with van der Waals surface area (Å²) < 4.78 is 0. The highest BCUT2D eigenvalue weighted by Gasteiger charge is 2.23. The van der Waals surface area contributed by atoms with Crippen molar-refractivity contribution in [3.8, 4) is 11.5 Å². The molecule has 8 N–H and O–H groups in total.